The lowest BCUT2D eigenvalue weighted by molar-refractivity contribution is 0.0646. The van der Waals surface area contributed by atoms with Gasteiger partial charge in [0.1, 0.15) is 5.82 Å². The van der Waals surface area contributed by atoms with Crippen molar-refractivity contribution in [2.75, 3.05) is 13.1 Å². The fraction of sp³-hybridized carbons (Fsp3) is 0.667. The van der Waals surface area contributed by atoms with Crippen LogP contribution in [0.3, 0.4) is 0 Å². The summed E-state index contributed by atoms with van der Waals surface area (Å²) < 4.78 is 13.8. The molecular formula is C18H28FNO. The van der Waals surface area contributed by atoms with Gasteiger partial charge in [-0.05, 0) is 31.4 Å². The summed E-state index contributed by atoms with van der Waals surface area (Å²) in [6.45, 7) is 6.02. The third kappa shape index (κ3) is 4.27. The first-order valence-electron chi connectivity index (χ1n) is 8.30. The van der Waals surface area contributed by atoms with Crippen LogP contribution in [0.4, 0.5) is 4.39 Å². The molecule has 1 fully saturated rings. The maximum absolute atomic E-state index is 13.8. The van der Waals surface area contributed by atoms with E-state index in [0.717, 1.165) is 13.1 Å². The number of hydrogen-bond acceptors (Lipinski definition) is 2. The van der Waals surface area contributed by atoms with E-state index in [4.69, 9.17) is 0 Å². The van der Waals surface area contributed by atoms with Gasteiger partial charge in [0.25, 0.3) is 0 Å². The maximum Gasteiger partial charge on any atom is 0.129 e. The van der Waals surface area contributed by atoms with E-state index in [0.29, 0.717) is 11.6 Å². The van der Waals surface area contributed by atoms with Crippen molar-refractivity contribution in [3.05, 3.63) is 35.6 Å². The molecule has 0 heterocycles. The number of rotatable bonds is 6. The molecule has 0 radical (unpaired) electrons. The molecule has 2 nitrogen and oxygen atoms in total. The van der Waals surface area contributed by atoms with Crippen molar-refractivity contribution in [3.8, 4) is 0 Å². The average molecular weight is 293 g/mol. The molecule has 1 aliphatic rings. The Bertz CT molecular complexity index is 431. The van der Waals surface area contributed by atoms with Crippen LogP contribution in [0.2, 0.25) is 0 Å². The van der Waals surface area contributed by atoms with Gasteiger partial charge in [-0.2, -0.15) is 0 Å². The molecule has 1 aromatic rings. The molecule has 1 aliphatic carbocycles. The van der Waals surface area contributed by atoms with Gasteiger partial charge in [0, 0.05) is 18.2 Å². The third-order valence-electron chi connectivity index (χ3n) is 4.78. The van der Waals surface area contributed by atoms with Crippen LogP contribution in [-0.4, -0.2) is 29.1 Å². The minimum absolute atomic E-state index is 0.0313. The van der Waals surface area contributed by atoms with Gasteiger partial charge >= 0.3 is 0 Å². The molecule has 1 saturated carbocycles. The Morgan fingerprint density at radius 2 is 1.90 bits per heavy atom. The summed E-state index contributed by atoms with van der Waals surface area (Å²) in [5, 5.41) is 10.4. The maximum atomic E-state index is 13.8. The monoisotopic (exact) mass is 293 g/mol. The van der Waals surface area contributed by atoms with Crippen LogP contribution in [0, 0.1) is 11.7 Å². The van der Waals surface area contributed by atoms with Gasteiger partial charge in [-0.15, -0.1) is 0 Å². The smallest absolute Gasteiger partial charge is 0.129 e. The van der Waals surface area contributed by atoms with Gasteiger partial charge in [-0.3, -0.25) is 0 Å². The molecule has 0 aromatic heterocycles. The lowest BCUT2D eigenvalue weighted by atomic mass is 9.91. The van der Waals surface area contributed by atoms with E-state index in [2.05, 4.69) is 11.8 Å². The second-order valence-electron chi connectivity index (χ2n) is 6.32. The van der Waals surface area contributed by atoms with Gasteiger partial charge in [-0.25, -0.2) is 4.39 Å². The quantitative estimate of drug-likeness (QED) is 0.851. The van der Waals surface area contributed by atoms with Crippen molar-refractivity contribution in [1.82, 2.24) is 4.90 Å². The Hall–Kier alpha value is -0.930. The van der Waals surface area contributed by atoms with Crippen LogP contribution in [0.15, 0.2) is 24.3 Å². The Morgan fingerprint density at radius 1 is 1.24 bits per heavy atom. The first-order valence-corrected chi connectivity index (χ1v) is 8.30. The second-order valence-corrected chi connectivity index (χ2v) is 6.32. The molecule has 118 valence electrons. The first kappa shape index (κ1) is 16.4. The van der Waals surface area contributed by atoms with Crippen LogP contribution < -0.4 is 0 Å². The summed E-state index contributed by atoms with van der Waals surface area (Å²) in [5.74, 6) is -0.277. The second kappa shape index (κ2) is 7.90. The van der Waals surface area contributed by atoms with E-state index >= 15 is 0 Å². The number of halogens is 1. The topological polar surface area (TPSA) is 23.5 Å². The van der Waals surface area contributed by atoms with Crippen LogP contribution in [0.5, 0.6) is 0 Å². The van der Waals surface area contributed by atoms with E-state index in [1.807, 2.05) is 6.92 Å². The minimum Gasteiger partial charge on any atom is -0.388 e. The molecule has 0 aliphatic heterocycles. The van der Waals surface area contributed by atoms with Crippen LogP contribution in [-0.2, 0) is 0 Å². The summed E-state index contributed by atoms with van der Waals surface area (Å²) in [7, 11) is 0. The Balaban J connectivity index is 1.98. The van der Waals surface area contributed by atoms with Crippen molar-refractivity contribution in [2.24, 2.45) is 5.92 Å². The van der Waals surface area contributed by atoms with E-state index in [1.165, 1.54) is 38.2 Å². The number of aliphatic hydroxyl groups excluding tert-OH is 1. The van der Waals surface area contributed by atoms with Gasteiger partial charge in [-0.1, -0.05) is 51.3 Å². The molecule has 1 N–H and O–H groups in total. The molecule has 0 saturated heterocycles. The zero-order chi connectivity index (χ0) is 15.2. The molecular weight excluding hydrogens is 265 g/mol. The van der Waals surface area contributed by atoms with Gasteiger partial charge in [0.2, 0.25) is 0 Å². The summed E-state index contributed by atoms with van der Waals surface area (Å²) in [6, 6.07) is 7.19. The molecule has 2 rings (SSSR count). The Morgan fingerprint density at radius 3 is 2.52 bits per heavy atom. The normalized spacial score (nSPS) is 19.7. The van der Waals surface area contributed by atoms with Crippen LogP contribution in [0.1, 0.15) is 57.6 Å². The van der Waals surface area contributed by atoms with Crippen molar-refractivity contribution >= 4 is 0 Å². The zero-order valence-corrected chi connectivity index (χ0v) is 13.3. The average Bonchev–Trinajstić information content (AvgIpc) is 2.53. The lowest BCUT2D eigenvalue weighted by Gasteiger charge is -2.36. The van der Waals surface area contributed by atoms with Crippen molar-refractivity contribution in [3.63, 3.8) is 0 Å². The highest BCUT2D eigenvalue weighted by Crippen LogP contribution is 2.28. The van der Waals surface area contributed by atoms with Gasteiger partial charge < -0.3 is 10.0 Å². The Kier molecular flexibility index (Phi) is 6.19. The molecule has 2 unspecified atom stereocenters. The van der Waals surface area contributed by atoms with E-state index in [-0.39, 0.29) is 11.7 Å². The SMILES string of the molecule is CCN(CC(C)C(O)c1ccccc1F)C1CCCCC1. The summed E-state index contributed by atoms with van der Waals surface area (Å²) in [6.07, 6.45) is 5.76. The van der Waals surface area contributed by atoms with Crippen molar-refractivity contribution in [1.29, 1.82) is 0 Å². The molecule has 3 heteroatoms. The predicted octanol–water partition coefficient (Wildman–Crippen LogP) is 4.15. The van der Waals surface area contributed by atoms with Gasteiger partial charge in [0.05, 0.1) is 6.10 Å². The van der Waals surface area contributed by atoms with E-state index in [9.17, 15) is 9.50 Å². The summed E-state index contributed by atoms with van der Waals surface area (Å²) in [5.41, 5.74) is 0.421. The molecule has 21 heavy (non-hydrogen) atoms. The molecule has 1 aromatic carbocycles. The van der Waals surface area contributed by atoms with Gasteiger partial charge in [0.15, 0.2) is 0 Å². The highest BCUT2D eigenvalue weighted by molar-refractivity contribution is 5.20. The largest absolute Gasteiger partial charge is 0.388 e. The van der Waals surface area contributed by atoms with E-state index in [1.54, 1.807) is 18.2 Å². The molecule has 2 atom stereocenters. The number of benzene rings is 1. The summed E-state index contributed by atoms with van der Waals surface area (Å²) >= 11 is 0. The van der Waals surface area contributed by atoms with E-state index < -0.39 is 6.10 Å². The highest BCUT2D eigenvalue weighted by atomic mass is 19.1. The van der Waals surface area contributed by atoms with Crippen LogP contribution in [0.25, 0.3) is 0 Å². The number of aliphatic hydroxyl groups is 1. The molecule has 0 bridgehead atoms. The lowest BCUT2D eigenvalue weighted by Crippen LogP contribution is -2.40. The standard InChI is InChI=1S/C18H28FNO/c1-3-20(15-9-5-4-6-10-15)13-14(2)18(21)16-11-7-8-12-17(16)19/h7-8,11-12,14-15,18,21H,3-6,9-10,13H2,1-2H3. The Labute approximate surface area is 128 Å². The zero-order valence-electron chi connectivity index (χ0n) is 13.3. The summed E-state index contributed by atoms with van der Waals surface area (Å²) in [4.78, 5) is 2.47. The number of hydrogen-bond donors (Lipinski definition) is 1. The highest BCUT2D eigenvalue weighted by Gasteiger charge is 2.25. The predicted molar refractivity (Wildman–Crippen MR) is 84.6 cm³/mol. The van der Waals surface area contributed by atoms with Crippen molar-refractivity contribution in [2.45, 2.75) is 58.1 Å². The van der Waals surface area contributed by atoms with Crippen molar-refractivity contribution < 1.29 is 9.50 Å². The van der Waals surface area contributed by atoms with Crippen LogP contribution >= 0.6 is 0 Å². The first-order chi connectivity index (χ1) is 10.1. The number of nitrogens with zero attached hydrogens (tertiary/aromatic N) is 1. The third-order valence-corrected chi connectivity index (χ3v) is 4.78. The molecule has 0 amide bonds. The minimum atomic E-state index is -0.733. The molecule has 0 spiro atoms. The fourth-order valence-electron chi connectivity index (χ4n) is 3.47. The fourth-order valence-corrected chi connectivity index (χ4v) is 3.47.